The Labute approximate surface area is 75.0 Å². The fourth-order valence-electron chi connectivity index (χ4n) is 1.40. The van der Waals surface area contributed by atoms with E-state index in [1.54, 1.807) is 16.8 Å². The standard InChI is InChI=1S/C9H10FN3/c1-2-13-9(11)8-6(10)4-3-5-7(8)12-13/h3-5H,2,11H2,1H3. The zero-order valence-corrected chi connectivity index (χ0v) is 7.29. The number of hydrogen-bond acceptors (Lipinski definition) is 2. The van der Waals surface area contributed by atoms with Crippen molar-refractivity contribution >= 4 is 16.7 Å². The lowest BCUT2D eigenvalue weighted by Gasteiger charge is -1.96. The number of aromatic nitrogens is 2. The number of rotatable bonds is 1. The maximum atomic E-state index is 13.3. The Kier molecular flexibility index (Phi) is 1.69. The highest BCUT2D eigenvalue weighted by molar-refractivity contribution is 5.89. The molecule has 13 heavy (non-hydrogen) atoms. The fraction of sp³-hybridized carbons (Fsp3) is 0.222. The van der Waals surface area contributed by atoms with Gasteiger partial charge in [0.05, 0.1) is 10.9 Å². The van der Waals surface area contributed by atoms with E-state index in [1.807, 2.05) is 6.92 Å². The van der Waals surface area contributed by atoms with Crippen LogP contribution >= 0.6 is 0 Å². The molecular formula is C9H10FN3. The van der Waals surface area contributed by atoms with Gasteiger partial charge < -0.3 is 5.73 Å². The van der Waals surface area contributed by atoms with Gasteiger partial charge in [-0.25, -0.2) is 9.07 Å². The van der Waals surface area contributed by atoms with Crippen LogP contribution in [0.4, 0.5) is 10.2 Å². The third kappa shape index (κ3) is 1.06. The summed E-state index contributed by atoms with van der Waals surface area (Å²) in [6.45, 7) is 2.57. The summed E-state index contributed by atoms with van der Waals surface area (Å²) in [6, 6.07) is 4.77. The second kappa shape index (κ2) is 2.73. The summed E-state index contributed by atoms with van der Waals surface area (Å²) < 4.78 is 14.9. The molecule has 0 unspecified atom stereocenters. The smallest absolute Gasteiger partial charge is 0.136 e. The number of aryl methyl sites for hydroxylation is 1. The molecule has 1 heterocycles. The first-order valence-electron chi connectivity index (χ1n) is 4.14. The molecule has 0 aliphatic rings. The van der Waals surface area contributed by atoms with Gasteiger partial charge in [0.15, 0.2) is 0 Å². The number of fused-ring (bicyclic) bond motifs is 1. The molecule has 0 amide bonds. The molecule has 0 bridgehead atoms. The molecule has 2 aromatic rings. The summed E-state index contributed by atoms with van der Waals surface area (Å²) in [7, 11) is 0. The number of anilines is 1. The van der Waals surface area contributed by atoms with Crippen LogP contribution in [0, 0.1) is 5.82 Å². The van der Waals surface area contributed by atoms with Crippen LogP contribution in [-0.4, -0.2) is 9.78 Å². The van der Waals surface area contributed by atoms with E-state index in [0.29, 0.717) is 23.3 Å². The first kappa shape index (κ1) is 8.04. The van der Waals surface area contributed by atoms with Crippen molar-refractivity contribution in [3.63, 3.8) is 0 Å². The van der Waals surface area contributed by atoms with Gasteiger partial charge in [0.25, 0.3) is 0 Å². The van der Waals surface area contributed by atoms with Gasteiger partial charge in [0.2, 0.25) is 0 Å². The monoisotopic (exact) mass is 179 g/mol. The van der Waals surface area contributed by atoms with Crippen molar-refractivity contribution < 1.29 is 4.39 Å². The molecule has 0 saturated carbocycles. The van der Waals surface area contributed by atoms with Crippen LogP contribution in [0.25, 0.3) is 10.9 Å². The number of hydrogen-bond donors (Lipinski definition) is 1. The minimum absolute atomic E-state index is 0.310. The molecule has 68 valence electrons. The largest absolute Gasteiger partial charge is 0.383 e. The molecule has 1 aromatic carbocycles. The lowest BCUT2D eigenvalue weighted by molar-refractivity contribution is 0.639. The summed E-state index contributed by atoms with van der Waals surface area (Å²) in [5.41, 5.74) is 6.32. The normalized spacial score (nSPS) is 10.9. The average molecular weight is 179 g/mol. The molecule has 0 spiro atoms. The summed E-state index contributed by atoms with van der Waals surface area (Å²) >= 11 is 0. The van der Waals surface area contributed by atoms with Crippen molar-refractivity contribution in [1.29, 1.82) is 0 Å². The molecule has 0 fully saturated rings. The van der Waals surface area contributed by atoms with E-state index >= 15 is 0 Å². The number of halogens is 1. The lowest BCUT2D eigenvalue weighted by Crippen LogP contribution is -2.01. The molecule has 1 aromatic heterocycles. The summed E-state index contributed by atoms with van der Waals surface area (Å²) in [4.78, 5) is 0. The van der Waals surface area contributed by atoms with E-state index in [9.17, 15) is 4.39 Å². The Morgan fingerprint density at radius 3 is 2.92 bits per heavy atom. The highest BCUT2D eigenvalue weighted by Gasteiger charge is 2.10. The van der Waals surface area contributed by atoms with Crippen LogP contribution in [0.3, 0.4) is 0 Å². The Morgan fingerprint density at radius 1 is 1.54 bits per heavy atom. The lowest BCUT2D eigenvalue weighted by atomic mass is 10.2. The van der Waals surface area contributed by atoms with E-state index < -0.39 is 0 Å². The molecule has 2 N–H and O–H groups in total. The Hall–Kier alpha value is -1.58. The van der Waals surface area contributed by atoms with E-state index in [4.69, 9.17) is 5.73 Å². The zero-order valence-electron chi connectivity index (χ0n) is 7.29. The van der Waals surface area contributed by atoms with Gasteiger partial charge in [-0.2, -0.15) is 5.10 Å². The van der Waals surface area contributed by atoms with Gasteiger partial charge in [-0.3, -0.25) is 0 Å². The number of benzene rings is 1. The first-order chi connectivity index (χ1) is 6.24. The Balaban J connectivity index is 2.85. The second-order valence-corrected chi connectivity index (χ2v) is 2.83. The molecule has 0 atom stereocenters. The van der Waals surface area contributed by atoms with Crippen LogP contribution in [-0.2, 0) is 6.54 Å². The minimum atomic E-state index is -0.310. The maximum absolute atomic E-state index is 13.3. The van der Waals surface area contributed by atoms with Gasteiger partial charge in [0, 0.05) is 6.54 Å². The second-order valence-electron chi connectivity index (χ2n) is 2.83. The van der Waals surface area contributed by atoms with Crippen molar-refractivity contribution in [2.24, 2.45) is 0 Å². The van der Waals surface area contributed by atoms with Crippen molar-refractivity contribution in [2.75, 3.05) is 5.73 Å². The summed E-state index contributed by atoms with van der Waals surface area (Å²) in [5.74, 6) is 0.0882. The molecule has 2 rings (SSSR count). The van der Waals surface area contributed by atoms with Gasteiger partial charge in [-0.05, 0) is 19.1 Å². The number of nitrogens with two attached hydrogens (primary N) is 1. The molecule has 0 saturated heterocycles. The van der Waals surface area contributed by atoms with Crippen molar-refractivity contribution in [1.82, 2.24) is 9.78 Å². The van der Waals surface area contributed by atoms with Gasteiger partial charge >= 0.3 is 0 Å². The van der Waals surface area contributed by atoms with Crippen LogP contribution in [0.1, 0.15) is 6.92 Å². The molecule has 3 nitrogen and oxygen atoms in total. The predicted octanol–water partition coefficient (Wildman–Crippen LogP) is 1.78. The number of nitrogens with zero attached hydrogens (tertiary/aromatic N) is 2. The molecule has 0 aliphatic heterocycles. The minimum Gasteiger partial charge on any atom is -0.383 e. The maximum Gasteiger partial charge on any atom is 0.136 e. The van der Waals surface area contributed by atoms with E-state index in [2.05, 4.69) is 5.10 Å². The third-order valence-electron chi connectivity index (χ3n) is 2.05. The Morgan fingerprint density at radius 2 is 2.31 bits per heavy atom. The molecule has 0 aliphatic carbocycles. The van der Waals surface area contributed by atoms with Crippen molar-refractivity contribution in [2.45, 2.75) is 13.5 Å². The first-order valence-corrected chi connectivity index (χ1v) is 4.14. The third-order valence-corrected chi connectivity index (χ3v) is 2.05. The topological polar surface area (TPSA) is 43.8 Å². The van der Waals surface area contributed by atoms with Crippen LogP contribution in [0.15, 0.2) is 18.2 Å². The zero-order chi connectivity index (χ0) is 9.42. The average Bonchev–Trinajstić information content (AvgIpc) is 2.44. The highest BCUT2D eigenvalue weighted by atomic mass is 19.1. The fourth-order valence-corrected chi connectivity index (χ4v) is 1.40. The SMILES string of the molecule is CCn1nc2cccc(F)c2c1N. The molecular weight excluding hydrogens is 169 g/mol. The van der Waals surface area contributed by atoms with Crippen molar-refractivity contribution in [3.8, 4) is 0 Å². The summed E-state index contributed by atoms with van der Waals surface area (Å²) in [6.07, 6.45) is 0. The van der Waals surface area contributed by atoms with E-state index in [1.165, 1.54) is 6.07 Å². The van der Waals surface area contributed by atoms with Gasteiger partial charge in [0.1, 0.15) is 11.6 Å². The molecule has 4 heteroatoms. The van der Waals surface area contributed by atoms with Gasteiger partial charge in [-0.15, -0.1) is 0 Å². The van der Waals surface area contributed by atoms with Crippen LogP contribution < -0.4 is 5.73 Å². The van der Waals surface area contributed by atoms with Crippen LogP contribution in [0.2, 0.25) is 0 Å². The molecule has 0 radical (unpaired) electrons. The van der Waals surface area contributed by atoms with Crippen molar-refractivity contribution in [3.05, 3.63) is 24.0 Å². The summed E-state index contributed by atoms with van der Waals surface area (Å²) in [5, 5.41) is 4.56. The quantitative estimate of drug-likeness (QED) is 0.725. The van der Waals surface area contributed by atoms with E-state index in [-0.39, 0.29) is 5.82 Å². The Bertz CT molecular complexity index is 447. The van der Waals surface area contributed by atoms with Crippen LogP contribution in [0.5, 0.6) is 0 Å². The van der Waals surface area contributed by atoms with E-state index in [0.717, 1.165) is 0 Å². The predicted molar refractivity (Wildman–Crippen MR) is 49.8 cm³/mol. The van der Waals surface area contributed by atoms with Gasteiger partial charge in [-0.1, -0.05) is 6.07 Å². The number of nitrogen functional groups attached to an aromatic ring is 1. The highest BCUT2D eigenvalue weighted by Crippen LogP contribution is 2.23.